The van der Waals surface area contributed by atoms with Crippen molar-refractivity contribution in [3.8, 4) is 5.75 Å². The summed E-state index contributed by atoms with van der Waals surface area (Å²) in [5.74, 6) is 0.941. The first kappa shape index (κ1) is 27.8. The van der Waals surface area contributed by atoms with E-state index >= 15 is 0 Å². The molecule has 0 spiro atoms. The highest BCUT2D eigenvalue weighted by Crippen LogP contribution is 2.32. The minimum Gasteiger partial charge on any atom is -0.492 e. The quantitative estimate of drug-likeness (QED) is 0.284. The van der Waals surface area contributed by atoms with Crippen LogP contribution in [0.2, 0.25) is 5.02 Å². The van der Waals surface area contributed by atoms with E-state index in [0.717, 1.165) is 4.31 Å². The number of anilines is 1. The molecule has 0 fully saturated rings. The van der Waals surface area contributed by atoms with Crippen molar-refractivity contribution >= 4 is 45.0 Å². The van der Waals surface area contributed by atoms with Crippen LogP contribution in [0, 0.1) is 5.82 Å². The third-order valence-corrected chi connectivity index (χ3v) is 8.24. The number of halogens is 2. The predicted octanol–water partition coefficient (Wildman–Crippen LogP) is 5.51. The second-order valence-corrected chi connectivity index (χ2v) is 11.1. The smallest absolute Gasteiger partial charge is 0.264 e. The lowest BCUT2D eigenvalue weighted by molar-refractivity contribution is -0.119. The summed E-state index contributed by atoms with van der Waals surface area (Å²) in [6, 6.07) is 19.1. The van der Waals surface area contributed by atoms with E-state index in [1.807, 2.05) is 0 Å². The van der Waals surface area contributed by atoms with Crippen LogP contribution in [-0.4, -0.2) is 39.8 Å². The number of hydrogen-bond donors (Lipinski definition) is 1. The summed E-state index contributed by atoms with van der Waals surface area (Å²) in [6.45, 7) is 2.08. The normalized spacial score (nSPS) is 11.2. The Morgan fingerprint density at radius 3 is 2.47 bits per heavy atom. The van der Waals surface area contributed by atoms with Crippen LogP contribution >= 0.6 is 23.4 Å². The molecular weight excluding hydrogens is 523 g/mol. The van der Waals surface area contributed by atoms with Gasteiger partial charge in [0.25, 0.3) is 10.0 Å². The van der Waals surface area contributed by atoms with E-state index in [4.69, 9.17) is 16.3 Å². The number of hydrogen-bond acceptors (Lipinski definition) is 5. The highest BCUT2D eigenvalue weighted by Gasteiger charge is 2.29. The van der Waals surface area contributed by atoms with Gasteiger partial charge in [-0.25, -0.2) is 12.8 Å². The maximum atomic E-state index is 13.7. The summed E-state index contributed by atoms with van der Waals surface area (Å²) in [4.78, 5) is 12.8. The largest absolute Gasteiger partial charge is 0.492 e. The van der Waals surface area contributed by atoms with Gasteiger partial charge in [0.05, 0.1) is 17.2 Å². The minimum atomic E-state index is -4.09. The van der Waals surface area contributed by atoms with Crippen LogP contribution in [0.25, 0.3) is 0 Å². The molecule has 6 nitrogen and oxygen atoms in total. The van der Waals surface area contributed by atoms with Gasteiger partial charge in [-0.05, 0) is 67.1 Å². The first-order chi connectivity index (χ1) is 17.3. The van der Waals surface area contributed by atoms with Gasteiger partial charge in [-0.15, -0.1) is 0 Å². The lowest BCUT2D eigenvalue weighted by Gasteiger charge is -2.26. The van der Waals surface area contributed by atoms with Crippen molar-refractivity contribution in [2.24, 2.45) is 0 Å². The fourth-order valence-electron chi connectivity index (χ4n) is 3.36. The van der Waals surface area contributed by atoms with Gasteiger partial charge in [0.1, 0.15) is 18.1 Å². The fraction of sp³-hybridized carbons (Fsp3) is 0.269. The SMILES string of the molecule is CCOc1ccccc1N(CC(=O)NCCCSCc1ccccc1F)S(=O)(=O)c1ccc(Cl)cc1. The Labute approximate surface area is 220 Å². The number of carbonyl (C=O) groups is 1. The number of thioether (sulfide) groups is 1. The van der Waals surface area contributed by atoms with Crippen molar-refractivity contribution < 1.29 is 22.3 Å². The van der Waals surface area contributed by atoms with Crippen LogP contribution in [0.15, 0.2) is 77.7 Å². The van der Waals surface area contributed by atoms with Crippen molar-refractivity contribution in [1.82, 2.24) is 5.32 Å². The molecule has 0 bridgehead atoms. The highest BCUT2D eigenvalue weighted by molar-refractivity contribution is 7.98. The van der Waals surface area contributed by atoms with E-state index in [1.165, 1.54) is 30.3 Å². The second-order valence-electron chi connectivity index (χ2n) is 7.71. The molecule has 3 aromatic carbocycles. The third kappa shape index (κ3) is 7.62. The van der Waals surface area contributed by atoms with E-state index < -0.39 is 22.5 Å². The Balaban J connectivity index is 1.66. The molecule has 192 valence electrons. The van der Waals surface area contributed by atoms with E-state index in [0.29, 0.717) is 47.4 Å². The van der Waals surface area contributed by atoms with Gasteiger partial charge in [0.15, 0.2) is 0 Å². The number of carbonyl (C=O) groups excluding carboxylic acids is 1. The van der Waals surface area contributed by atoms with E-state index in [1.54, 1.807) is 61.2 Å². The number of nitrogens with one attached hydrogen (secondary N) is 1. The van der Waals surface area contributed by atoms with Crippen LogP contribution in [0.1, 0.15) is 18.9 Å². The zero-order chi connectivity index (χ0) is 26.0. The second kappa shape index (κ2) is 13.5. The Bertz CT molecular complexity index is 1260. The molecule has 0 aliphatic rings. The van der Waals surface area contributed by atoms with Gasteiger partial charge in [0, 0.05) is 17.3 Å². The summed E-state index contributed by atoms with van der Waals surface area (Å²) in [5, 5.41) is 3.19. The first-order valence-corrected chi connectivity index (χ1v) is 14.4. The van der Waals surface area contributed by atoms with Crippen LogP contribution in [0.4, 0.5) is 10.1 Å². The van der Waals surface area contributed by atoms with Crippen molar-refractivity contribution in [3.05, 3.63) is 89.2 Å². The Kier molecular flexibility index (Phi) is 10.5. The molecular formula is C26H28ClFN2O4S2. The Morgan fingerprint density at radius 1 is 1.06 bits per heavy atom. The van der Waals surface area contributed by atoms with Gasteiger partial charge in [-0.2, -0.15) is 11.8 Å². The Morgan fingerprint density at radius 2 is 1.75 bits per heavy atom. The van der Waals surface area contributed by atoms with Crippen molar-refractivity contribution in [2.75, 3.05) is 29.8 Å². The Hall–Kier alpha value is -2.75. The molecule has 0 saturated heterocycles. The average molecular weight is 551 g/mol. The minimum absolute atomic E-state index is 0.00976. The molecule has 36 heavy (non-hydrogen) atoms. The third-order valence-electron chi connectivity index (χ3n) is 5.13. The number of para-hydroxylation sites is 2. The molecule has 0 aromatic heterocycles. The zero-order valence-corrected chi connectivity index (χ0v) is 22.2. The summed E-state index contributed by atoms with van der Waals surface area (Å²) >= 11 is 7.50. The number of ether oxygens (including phenoxy) is 1. The molecule has 0 unspecified atom stereocenters. The average Bonchev–Trinajstić information content (AvgIpc) is 2.86. The number of amides is 1. The first-order valence-electron chi connectivity index (χ1n) is 11.4. The molecule has 0 aliphatic heterocycles. The maximum absolute atomic E-state index is 13.7. The van der Waals surface area contributed by atoms with E-state index in [2.05, 4.69) is 5.32 Å². The van der Waals surface area contributed by atoms with Crippen molar-refractivity contribution in [3.63, 3.8) is 0 Å². The van der Waals surface area contributed by atoms with Gasteiger partial charge in [-0.3, -0.25) is 9.10 Å². The fourth-order valence-corrected chi connectivity index (χ4v) is 5.86. The van der Waals surface area contributed by atoms with Crippen LogP contribution in [-0.2, 0) is 20.6 Å². The molecule has 10 heteroatoms. The summed E-state index contributed by atoms with van der Waals surface area (Å²) in [5.41, 5.74) is 0.910. The standard InChI is InChI=1S/C26H28ClFN2O4S2/c1-2-34-25-11-6-5-10-24(25)30(36(32,33)22-14-12-21(27)13-15-22)18-26(31)29-16-7-17-35-19-20-8-3-4-9-23(20)28/h3-6,8-15H,2,7,16-19H2,1H3,(H,29,31). The molecule has 0 atom stereocenters. The van der Waals surface area contributed by atoms with E-state index in [9.17, 15) is 17.6 Å². The number of nitrogens with zero attached hydrogens (tertiary/aromatic N) is 1. The van der Waals surface area contributed by atoms with Gasteiger partial charge < -0.3 is 10.1 Å². The lowest BCUT2D eigenvalue weighted by atomic mass is 10.2. The van der Waals surface area contributed by atoms with E-state index in [-0.39, 0.29) is 16.4 Å². The number of benzene rings is 3. The van der Waals surface area contributed by atoms with Crippen molar-refractivity contribution in [2.45, 2.75) is 24.0 Å². The predicted molar refractivity (Wildman–Crippen MR) is 144 cm³/mol. The van der Waals surface area contributed by atoms with Gasteiger partial charge in [0.2, 0.25) is 5.91 Å². The van der Waals surface area contributed by atoms with Crippen LogP contribution in [0.5, 0.6) is 5.75 Å². The summed E-state index contributed by atoms with van der Waals surface area (Å²) in [7, 11) is -4.09. The zero-order valence-electron chi connectivity index (χ0n) is 19.8. The summed E-state index contributed by atoms with van der Waals surface area (Å²) < 4.78 is 47.4. The number of rotatable bonds is 13. The molecule has 1 N–H and O–H groups in total. The topological polar surface area (TPSA) is 75.7 Å². The van der Waals surface area contributed by atoms with Crippen molar-refractivity contribution in [1.29, 1.82) is 0 Å². The monoisotopic (exact) mass is 550 g/mol. The van der Waals surface area contributed by atoms with Gasteiger partial charge >= 0.3 is 0 Å². The van der Waals surface area contributed by atoms with Gasteiger partial charge in [-0.1, -0.05) is 41.9 Å². The number of sulfonamides is 1. The van der Waals surface area contributed by atoms with Crippen LogP contribution in [0.3, 0.4) is 0 Å². The molecule has 3 aromatic rings. The molecule has 0 saturated carbocycles. The molecule has 0 aliphatic carbocycles. The molecule has 0 heterocycles. The maximum Gasteiger partial charge on any atom is 0.264 e. The molecule has 0 radical (unpaired) electrons. The highest BCUT2D eigenvalue weighted by atomic mass is 35.5. The lowest BCUT2D eigenvalue weighted by Crippen LogP contribution is -2.41. The summed E-state index contributed by atoms with van der Waals surface area (Å²) in [6.07, 6.45) is 0.657. The molecule has 1 amide bonds. The van der Waals surface area contributed by atoms with Crippen LogP contribution < -0.4 is 14.4 Å². The molecule has 3 rings (SSSR count).